The molecule has 1 saturated carbocycles. The second-order valence-corrected chi connectivity index (χ2v) is 9.37. The average molecular weight is 469 g/mol. The minimum Gasteiger partial charge on any atom is -0.396 e. The molecule has 2 aliphatic rings. The third kappa shape index (κ3) is 5.77. The van der Waals surface area contributed by atoms with E-state index in [2.05, 4.69) is 26.6 Å². The minimum absolute atomic E-state index is 0.121. The van der Waals surface area contributed by atoms with Crippen molar-refractivity contribution < 1.29 is 15.0 Å². The van der Waals surface area contributed by atoms with Gasteiger partial charge in [0, 0.05) is 37.1 Å². The molecule has 2 fully saturated rings. The van der Waals surface area contributed by atoms with E-state index in [1.54, 1.807) is 0 Å². The maximum Gasteiger partial charge on any atom is 0.271 e. The molecule has 9 heteroatoms. The Hall–Kier alpha value is -2.91. The number of piperidine rings is 1. The number of amides is 1. The number of carbonyl (C=O) groups is 1. The number of benzene rings is 1. The Morgan fingerprint density at radius 1 is 1.12 bits per heavy atom. The summed E-state index contributed by atoms with van der Waals surface area (Å²) in [6, 6.07) is 8.21. The number of nitrogens with zero attached hydrogens (tertiary/aromatic N) is 3. The SMILES string of the molecule is CCc1nc(C(N)=O)c(Nc2cccc(N3CCC(CO)CC3)c2)nc1NC1CCC(O)CC1. The lowest BCUT2D eigenvalue weighted by Crippen LogP contribution is -2.34. The third-order valence-electron chi connectivity index (χ3n) is 6.92. The number of nitrogens with one attached hydrogen (secondary N) is 2. The number of aliphatic hydroxyl groups excluding tert-OH is 2. The molecule has 34 heavy (non-hydrogen) atoms. The number of primary amides is 1. The Kier molecular flexibility index (Phi) is 7.84. The van der Waals surface area contributed by atoms with Gasteiger partial charge in [0.05, 0.1) is 11.8 Å². The van der Waals surface area contributed by atoms with Crippen molar-refractivity contribution in [3.05, 3.63) is 35.7 Å². The van der Waals surface area contributed by atoms with E-state index in [0.29, 0.717) is 29.7 Å². The summed E-state index contributed by atoms with van der Waals surface area (Å²) in [7, 11) is 0. The van der Waals surface area contributed by atoms with Gasteiger partial charge in [-0.25, -0.2) is 9.97 Å². The predicted octanol–water partition coefficient (Wildman–Crippen LogP) is 2.81. The van der Waals surface area contributed by atoms with Crippen LogP contribution in [0.1, 0.15) is 61.6 Å². The standard InChI is InChI=1S/C25H36N6O3/c1-2-21-24(27-17-6-8-20(33)9-7-17)30-25(22(29-21)23(26)34)28-18-4-3-5-19(14-18)31-12-10-16(15-32)11-13-31/h3-5,14,16-17,20,32-33H,2,6-13,15H2,1H3,(H2,26,34)(H2,27,28,30). The molecule has 1 saturated heterocycles. The Labute approximate surface area is 200 Å². The first-order valence-electron chi connectivity index (χ1n) is 12.3. The summed E-state index contributed by atoms with van der Waals surface area (Å²) in [6.07, 6.45) is 5.58. The molecule has 1 aliphatic heterocycles. The van der Waals surface area contributed by atoms with Gasteiger partial charge in [-0.15, -0.1) is 0 Å². The number of rotatable bonds is 8. The van der Waals surface area contributed by atoms with E-state index in [4.69, 9.17) is 10.7 Å². The van der Waals surface area contributed by atoms with Crippen molar-refractivity contribution in [2.75, 3.05) is 35.2 Å². The molecule has 184 valence electrons. The summed E-state index contributed by atoms with van der Waals surface area (Å²) in [6.45, 7) is 4.02. The van der Waals surface area contributed by atoms with Gasteiger partial charge in [-0.1, -0.05) is 13.0 Å². The van der Waals surface area contributed by atoms with Crippen LogP contribution in [0.5, 0.6) is 0 Å². The molecule has 0 spiro atoms. The van der Waals surface area contributed by atoms with Gasteiger partial charge < -0.3 is 31.5 Å². The lowest BCUT2D eigenvalue weighted by molar-refractivity contribution is 0.0996. The normalized spacial score (nSPS) is 21.3. The fraction of sp³-hybridized carbons (Fsp3) is 0.560. The van der Waals surface area contributed by atoms with Gasteiger partial charge in [0.1, 0.15) is 5.82 Å². The molecule has 0 atom stereocenters. The fourth-order valence-electron chi connectivity index (χ4n) is 4.80. The van der Waals surface area contributed by atoms with Gasteiger partial charge in [-0.05, 0) is 69.1 Å². The Balaban J connectivity index is 1.56. The molecule has 1 aliphatic carbocycles. The van der Waals surface area contributed by atoms with Gasteiger partial charge in [0.2, 0.25) is 0 Å². The van der Waals surface area contributed by atoms with Crippen molar-refractivity contribution in [2.45, 2.75) is 64.0 Å². The van der Waals surface area contributed by atoms with E-state index in [1.165, 1.54) is 0 Å². The highest BCUT2D eigenvalue weighted by Crippen LogP contribution is 2.29. The van der Waals surface area contributed by atoms with E-state index in [9.17, 15) is 15.0 Å². The zero-order chi connectivity index (χ0) is 24.1. The number of aromatic nitrogens is 2. The maximum absolute atomic E-state index is 12.2. The molecule has 2 heterocycles. The number of aliphatic hydroxyl groups is 2. The van der Waals surface area contributed by atoms with Crippen molar-refractivity contribution in [1.29, 1.82) is 0 Å². The first kappa shape index (κ1) is 24.2. The molecule has 0 unspecified atom stereocenters. The molecular formula is C25H36N6O3. The number of hydrogen-bond acceptors (Lipinski definition) is 8. The summed E-state index contributed by atoms with van der Waals surface area (Å²) in [5.74, 6) is 0.735. The van der Waals surface area contributed by atoms with E-state index in [1.807, 2.05) is 25.1 Å². The Morgan fingerprint density at radius 2 is 1.85 bits per heavy atom. The number of hydrogen-bond donors (Lipinski definition) is 5. The molecular weight excluding hydrogens is 432 g/mol. The molecule has 1 amide bonds. The van der Waals surface area contributed by atoms with Gasteiger partial charge >= 0.3 is 0 Å². The first-order chi connectivity index (χ1) is 16.5. The summed E-state index contributed by atoms with van der Waals surface area (Å²) in [5, 5.41) is 26.0. The number of carbonyl (C=O) groups excluding carboxylic acids is 1. The summed E-state index contributed by atoms with van der Waals surface area (Å²) in [4.78, 5) is 23.8. The number of nitrogens with two attached hydrogens (primary N) is 1. The molecule has 9 nitrogen and oxygen atoms in total. The van der Waals surface area contributed by atoms with Gasteiger partial charge in [0.25, 0.3) is 5.91 Å². The van der Waals surface area contributed by atoms with Crippen LogP contribution in [0.15, 0.2) is 24.3 Å². The van der Waals surface area contributed by atoms with Crippen LogP contribution >= 0.6 is 0 Å². The van der Waals surface area contributed by atoms with Crippen LogP contribution in [0.3, 0.4) is 0 Å². The summed E-state index contributed by atoms with van der Waals surface area (Å²) < 4.78 is 0. The molecule has 2 aromatic rings. The molecule has 6 N–H and O–H groups in total. The lowest BCUT2D eigenvalue weighted by Gasteiger charge is -2.33. The van der Waals surface area contributed by atoms with Crippen molar-refractivity contribution in [1.82, 2.24) is 9.97 Å². The van der Waals surface area contributed by atoms with Gasteiger partial charge in [0.15, 0.2) is 11.5 Å². The second kappa shape index (κ2) is 11.0. The highest BCUT2D eigenvalue weighted by molar-refractivity contribution is 5.96. The van der Waals surface area contributed by atoms with E-state index < -0.39 is 5.91 Å². The monoisotopic (exact) mass is 468 g/mol. The summed E-state index contributed by atoms with van der Waals surface area (Å²) >= 11 is 0. The first-order valence-corrected chi connectivity index (χ1v) is 12.3. The highest BCUT2D eigenvalue weighted by Gasteiger charge is 2.23. The van der Waals surface area contributed by atoms with E-state index >= 15 is 0 Å². The molecule has 1 aromatic heterocycles. The Bertz CT molecular complexity index is 985. The van der Waals surface area contributed by atoms with Crippen LogP contribution < -0.4 is 21.3 Å². The predicted molar refractivity (Wildman–Crippen MR) is 134 cm³/mol. The quantitative estimate of drug-likeness (QED) is 0.399. The van der Waals surface area contributed by atoms with Gasteiger partial charge in [-0.3, -0.25) is 4.79 Å². The maximum atomic E-state index is 12.2. The minimum atomic E-state index is -0.626. The van der Waals surface area contributed by atoms with E-state index in [-0.39, 0.29) is 24.4 Å². The number of anilines is 4. The van der Waals surface area contributed by atoms with Crippen LogP contribution in [-0.2, 0) is 6.42 Å². The largest absolute Gasteiger partial charge is 0.396 e. The average Bonchev–Trinajstić information content (AvgIpc) is 2.85. The Morgan fingerprint density at radius 3 is 2.50 bits per heavy atom. The summed E-state index contributed by atoms with van der Waals surface area (Å²) in [5.41, 5.74) is 8.36. The van der Waals surface area contributed by atoms with Crippen LogP contribution in [-0.4, -0.2) is 57.9 Å². The highest BCUT2D eigenvalue weighted by atomic mass is 16.3. The van der Waals surface area contributed by atoms with Crippen LogP contribution in [0.25, 0.3) is 0 Å². The van der Waals surface area contributed by atoms with Crippen LogP contribution in [0, 0.1) is 5.92 Å². The van der Waals surface area contributed by atoms with Gasteiger partial charge in [-0.2, -0.15) is 0 Å². The van der Waals surface area contributed by atoms with Crippen molar-refractivity contribution in [3.8, 4) is 0 Å². The lowest BCUT2D eigenvalue weighted by atomic mass is 9.93. The van der Waals surface area contributed by atoms with Crippen molar-refractivity contribution in [3.63, 3.8) is 0 Å². The second-order valence-electron chi connectivity index (χ2n) is 9.37. The van der Waals surface area contributed by atoms with Crippen LogP contribution in [0.2, 0.25) is 0 Å². The van der Waals surface area contributed by atoms with Crippen molar-refractivity contribution >= 4 is 28.9 Å². The van der Waals surface area contributed by atoms with E-state index in [0.717, 1.165) is 63.0 Å². The molecule has 1 aromatic carbocycles. The number of aryl methyl sites for hydroxylation is 1. The zero-order valence-corrected chi connectivity index (χ0v) is 19.8. The zero-order valence-electron chi connectivity index (χ0n) is 19.8. The third-order valence-corrected chi connectivity index (χ3v) is 6.92. The smallest absolute Gasteiger partial charge is 0.271 e. The molecule has 0 radical (unpaired) electrons. The topological polar surface area (TPSA) is 137 Å². The fourth-order valence-corrected chi connectivity index (χ4v) is 4.80. The molecule has 0 bridgehead atoms. The molecule has 4 rings (SSSR count). The van der Waals surface area contributed by atoms with Crippen LogP contribution in [0.4, 0.5) is 23.0 Å². The van der Waals surface area contributed by atoms with Crippen molar-refractivity contribution in [2.24, 2.45) is 11.7 Å².